The summed E-state index contributed by atoms with van der Waals surface area (Å²) in [7, 11) is 0. The lowest BCUT2D eigenvalue weighted by molar-refractivity contribution is -0.145. The van der Waals surface area contributed by atoms with Crippen LogP contribution in [-0.4, -0.2) is 25.8 Å². The number of hydrogen-bond acceptors (Lipinski definition) is 3. The van der Waals surface area contributed by atoms with Gasteiger partial charge in [0.2, 0.25) is 0 Å². The fraction of sp³-hybridized carbons (Fsp3) is 0.400. The summed E-state index contributed by atoms with van der Waals surface area (Å²) in [5, 5.41) is 11.1. The third-order valence-electron chi connectivity index (χ3n) is 1.09. The topological polar surface area (TPSA) is 68.0 Å². The molecule has 1 rings (SSSR count). The van der Waals surface area contributed by atoms with Gasteiger partial charge in [-0.05, 0) is 0 Å². The van der Waals surface area contributed by atoms with E-state index in [1.807, 2.05) is 0 Å². The van der Waals surface area contributed by atoms with Crippen molar-refractivity contribution in [3.05, 3.63) is 12.2 Å². The van der Waals surface area contributed by atoms with Gasteiger partial charge in [-0.2, -0.15) is 13.2 Å². The van der Waals surface area contributed by atoms with E-state index in [1.54, 1.807) is 0 Å². The van der Waals surface area contributed by atoms with Crippen LogP contribution in [0.5, 0.6) is 0 Å². The molecule has 0 saturated carbocycles. The van der Waals surface area contributed by atoms with E-state index in [1.165, 1.54) is 0 Å². The summed E-state index contributed by atoms with van der Waals surface area (Å²) < 4.78 is 36.2. The van der Waals surface area contributed by atoms with Gasteiger partial charge in [-0.3, -0.25) is 4.79 Å². The average molecular weight is 195 g/mol. The van der Waals surface area contributed by atoms with E-state index < -0.39 is 24.5 Å². The first-order valence-electron chi connectivity index (χ1n) is 3.08. The van der Waals surface area contributed by atoms with Gasteiger partial charge in [0.25, 0.3) is 5.82 Å². The molecular formula is C5H4F3N3O2. The summed E-state index contributed by atoms with van der Waals surface area (Å²) in [5.74, 6) is -2.62. The van der Waals surface area contributed by atoms with Gasteiger partial charge in [0.1, 0.15) is 12.9 Å². The minimum absolute atomic E-state index is 0.602. The summed E-state index contributed by atoms with van der Waals surface area (Å²) in [6, 6.07) is 0. The van der Waals surface area contributed by atoms with Crippen LogP contribution in [0.3, 0.4) is 0 Å². The van der Waals surface area contributed by atoms with Gasteiger partial charge in [-0.1, -0.05) is 0 Å². The van der Waals surface area contributed by atoms with Crippen LogP contribution >= 0.6 is 0 Å². The lowest BCUT2D eigenvalue weighted by atomic mass is 10.6. The van der Waals surface area contributed by atoms with Crippen LogP contribution in [0.1, 0.15) is 5.82 Å². The Morgan fingerprint density at radius 3 is 2.62 bits per heavy atom. The lowest BCUT2D eigenvalue weighted by Crippen LogP contribution is -2.12. The molecule has 0 unspecified atom stereocenters. The highest BCUT2D eigenvalue weighted by Gasteiger charge is 2.35. The Labute approximate surface area is 69.8 Å². The predicted molar refractivity (Wildman–Crippen MR) is 32.7 cm³/mol. The van der Waals surface area contributed by atoms with Crippen molar-refractivity contribution in [2.24, 2.45) is 0 Å². The average Bonchev–Trinajstić information content (AvgIpc) is 2.32. The number of carboxylic acids is 1. The molecule has 0 fully saturated rings. The molecule has 0 amide bonds. The number of halogens is 3. The number of aromatic nitrogens is 3. The van der Waals surface area contributed by atoms with Crippen molar-refractivity contribution in [2.75, 3.05) is 0 Å². The normalized spacial score (nSPS) is 11.6. The molecule has 8 heteroatoms. The molecule has 0 atom stereocenters. The molecule has 0 aliphatic carbocycles. The van der Waals surface area contributed by atoms with Gasteiger partial charge >= 0.3 is 12.1 Å². The molecule has 0 aliphatic rings. The largest absolute Gasteiger partial charge is 0.480 e. The zero-order valence-corrected chi connectivity index (χ0v) is 6.12. The molecule has 0 radical (unpaired) electrons. The molecule has 1 aromatic heterocycles. The van der Waals surface area contributed by atoms with Crippen LogP contribution in [0.2, 0.25) is 0 Å². The maximum atomic E-state index is 11.9. The van der Waals surface area contributed by atoms with Gasteiger partial charge in [0.05, 0.1) is 0 Å². The fourth-order valence-corrected chi connectivity index (χ4v) is 0.639. The first kappa shape index (κ1) is 9.49. The highest BCUT2D eigenvalue weighted by molar-refractivity contribution is 5.66. The highest BCUT2D eigenvalue weighted by atomic mass is 19.4. The Morgan fingerprint density at radius 2 is 2.23 bits per heavy atom. The molecular weight excluding hydrogens is 191 g/mol. The molecule has 0 spiro atoms. The maximum absolute atomic E-state index is 11.9. The monoisotopic (exact) mass is 195 g/mol. The van der Waals surface area contributed by atoms with E-state index in [9.17, 15) is 18.0 Å². The van der Waals surface area contributed by atoms with Crippen molar-refractivity contribution in [3.63, 3.8) is 0 Å². The van der Waals surface area contributed by atoms with Crippen molar-refractivity contribution < 1.29 is 23.1 Å². The summed E-state index contributed by atoms with van der Waals surface area (Å²) in [4.78, 5) is 13.0. The first-order chi connectivity index (χ1) is 5.89. The van der Waals surface area contributed by atoms with Gasteiger partial charge in [-0.15, -0.1) is 5.10 Å². The van der Waals surface area contributed by atoms with Crippen molar-refractivity contribution in [3.8, 4) is 0 Å². The number of hydrogen-bond donors (Lipinski definition) is 1. The van der Waals surface area contributed by atoms with Crippen LogP contribution in [0.15, 0.2) is 6.33 Å². The number of alkyl halides is 3. The quantitative estimate of drug-likeness (QED) is 0.740. The van der Waals surface area contributed by atoms with Crippen LogP contribution in [-0.2, 0) is 17.5 Å². The van der Waals surface area contributed by atoms with E-state index in [-0.39, 0.29) is 0 Å². The van der Waals surface area contributed by atoms with Crippen molar-refractivity contribution in [1.82, 2.24) is 14.8 Å². The zero-order chi connectivity index (χ0) is 10.1. The van der Waals surface area contributed by atoms with Crippen LogP contribution < -0.4 is 0 Å². The zero-order valence-electron chi connectivity index (χ0n) is 6.12. The van der Waals surface area contributed by atoms with Gasteiger partial charge in [-0.25, -0.2) is 9.67 Å². The van der Waals surface area contributed by atoms with Crippen LogP contribution in [0, 0.1) is 0 Å². The van der Waals surface area contributed by atoms with Crippen LogP contribution in [0.4, 0.5) is 13.2 Å². The minimum atomic E-state index is -4.64. The Bertz CT molecular complexity index is 319. The summed E-state index contributed by atoms with van der Waals surface area (Å²) in [5.41, 5.74) is 0. The summed E-state index contributed by atoms with van der Waals surface area (Å²) in [6.45, 7) is -0.636. The number of carboxylic acid groups (broad SMARTS) is 1. The molecule has 1 heterocycles. The number of aliphatic carboxylic acids is 1. The molecule has 5 nitrogen and oxygen atoms in total. The number of carbonyl (C=O) groups is 1. The summed E-state index contributed by atoms with van der Waals surface area (Å²) in [6.07, 6.45) is -3.92. The molecule has 13 heavy (non-hydrogen) atoms. The predicted octanol–water partition coefficient (Wildman–Crippen LogP) is 0.382. The second kappa shape index (κ2) is 3.04. The second-order valence-corrected chi connectivity index (χ2v) is 2.16. The molecule has 1 aromatic rings. The smallest absolute Gasteiger partial charge is 0.453 e. The maximum Gasteiger partial charge on any atom is 0.453 e. The van der Waals surface area contributed by atoms with E-state index in [0.717, 1.165) is 6.33 Å². The molecule has 72 valence electrons. The third-order valence-corrected chi connectivity index (χ3v) is 1.09. The Hall–Kier alpha value is -1.60. The second-order valence-electron chi connectivity index (χ2n) is 2.16. The first-order valence-corrected chi connectivity index (χ1v) is 3.08. The third kappa shape index (κ3) is 2.42. The van der Waals surface area contributed by atoms with Gasteiger partial charge < -0.3 is 5.11 Å². The van der Waals surface area contributed by atoms with Crippen molar-refractivity contribution >= 4 is 5.97 Å². The molecule has 1 N–H and O–H groups in total. The van der Waals surface area contributed by atoms with Crippen LogP contribution in [0.25, 0.3) is 0 Å². The summed E-state index contributed by atoms with van der Waals surface area (Å²) >= 11 is 0. The Balaban J connectivity index is 2.81. The number of rotatable bonds is 2. The van der Waals surface area contributed by atoms with E-state index >= 15 is 0 Å². The standard InChI is InChI=1S/C5H4F3N3O2/c6-5(7,8)4-9-2-11(10-4)1-3(12)13/h2H,1H2,(H,12,13). The lowest BCUT2D eigenvalue weighted by Gasteiger charge is -1.98. The van der Waals surface area contributed by atoms with Gasteiger partial charge in [0, 0.05) is 0 Å². The van der Waals surface area contributed by atoms with E-state index in [2.05, 4.69) is 10.1 Å². The van der Waals surface area contributed by atoms with E-state index in [4.69, 9.17) is 5.11 Å². The molecule has 0 bridgehead atoms. The SMILES string of the molecule is O=C(O)Cn1cnc(C(F)(F)F)n1. The van der Waals surface area contributed by atoms with Crippen molar-refractivity contribution in [2.45, 2.75) is 12.7 Å². The van der Waals surface area contributed by atoms with Gasteiger partial charge in [0.15, 0.2) is 0 Å². The Morgan fingerprint density at radius 1 is 1.62 bits per heavy atom. The molecule has 0 aliphatic heterocycles. The molecule has 0 aromatic carbocycles. The van der Waals surface area contributed by atoms with Crippen molar-refractivity contribution in [1.29, 1.82) is 0 Å². The Kier molecular flexibility index (Phi) is 2.22. The fourth-order valence-electron chi connectivity index (χ4n) is 0.639. The minimum Gasteiger partial charge on any atom is -0.480 e. The van der Waals surface area contributed by atoms with E-state index in [0.29, 0.717) is 4.68 Å². The molecule has 0 saturated heterocycles. The highest BCUT2D eigenvalue weighted by Crippen LogP contribution is 2.25. The number of nitrogens with zero attached hydrogens (tertiary/aromatic N) is 3.